The summed E-state index contributed by atoms with van der Waals surface area (Å²) in [5.74, 6) is -1.45. The first kappa shape index (κ1) is 19.2. The number of carboxylic acids is 1. The fraction of sp³-hybridized carbons (Fsp3) is 0.0476. The van der Waals surface area contributed by atoms with Crippen molar-refractivity contribution in [1.29, 1.82) is 0 Å². The Labute approximate surface area is 157 Å². The zero-order chi connectivity index (χ0) is 18.9. The number of carbonyl (C=O) groups excluding carboxylic acids is 1. The minimum atomic E-state index is -1.13. The third-order valence-corrected chi connectivity index (χ3v) is 3.64. The van der Waals surface area contributed by atoms with Crippen LogP contribution < -0.4 is 5.32 Å². The summed E-state index contributed by atoms with van der Waals surface area (Å²) in [7, 11) is 0. The topological polar surface area (TPSA) is 66.4 Å². The van der Waals surface area contributed by atoms with E-state index in [1.807, 2.05) is 12.1 Å². The summed E-state index contributed by atoms with van der Waals surface area (Å²) >= 11 is 5.62. The Morgan fingerprint density at radius 1 is 0.846 bits per heavy atom. The van der Waals surface area contributed by atoms with Crippen LogP contribution in [-0.2, 0) is 4.79 Å². The van der Waals surface area contributed by atoms with Gasteiger partial charge in [0.25, 0.3) is 0 Å². The lowest BCUT2D eigenvalue weighted by Gasteiger charge is -2.06. The smallest absolute Gasteiger partial charge is 0.337 e. The fourth-order valence-electron chi connectivity index (χ4n) is 2.25. The summed E-state index contributed by atoms with van der Waals surface area (Å²) < 4.78 is 0. The number of rotatable bonds is 3. The van der Waals surface area contributed by atoms with Crippen molar-refractivity contribution in [2.24, 2.45) is 0 Å². The van der Waals surface area contributed by atoms with Gasteiger partial charge in [-0.1, -0.05) is 72.3 Å². The summed E-state index contributed by atoms with van der Waals surface area (Å²) in [6.45, 7) is 1.31. The Morgan fingerprint density at radius 2 is 1.35 bits per heavy atom. The zero-order valence-corrected chi connectivity index (χ0v) is 14.9. The Kier molecular flexibility index (Phi) is 6.94. The van der Waals surface area contributed by atoms with Crippen LogP contribution in [0.2, 0.25) is 5.02 Å². The molecule has 2 N–H and O–H groups in total. The molecule has 3 aromatic carbocycles. The van der Waals surface area contributed by atoms with E-state index < -0.39 is 5.97 Å². The highest BCUT2D eigenvalue weighted by atomic mass is 35.5. The quantitative estimate of drug-likeness (QED) is 0.655. The van der Waals surface area contributed by atoms with Gasteiger partial charge in [0.15, 0.2) is 0 Å². The van der Waals surface area contributed by atoms with Crippen molar-refractivity contribution >= 4 is 29.2 Å². The molecule has 0 aromatic heterocycles. The number of aromatic carboxylic acids is 1. The number of nitrogens with one attached hydrogen (secondary N) is 1. The number of amides is 1. The van der Waals surface area contributed by atoms with Crippen LogP contribution >= 0.6 is 11.6 Å². The summed E-state index contributed by atoms with van der Waals surface area (Å²) in [5.41, 5.74) is 2.78. The molecule has 0 fully saturated rings. The van der Waals surface area contributed by atoms with E-state index in [9.17, 15) is 9.59 Å². The van der Waals surface area contributed by atoms with Gasteiger partial charge in [-0.15, -0.1) is 0 Å². The summed E-state index contributed by atoms with van der Waals surface area (Å²) in [6.07, 6.45) is 0. The minimum Gasteiger partial charge on any atom is -0.478 e. The lowest BCUT2D eigenvalue weighted by molar-refractivity contribution is -0.114. The molecule has 0 saturated heterocycles. The van der Waals surface area contributed by atoms with Crippen LogP contribution in [0.5, 0.6) is 0 Å². The second-order valence-corrected chi connectivity index (χ2v) is 5.84. The molecule has 3 rings (SSSR count). The molecule has 132 valence electrons. The van der Waals surface area contributed by atoms with Crippen molar-refractivity contribution < 1.29 is 14.7 Å². The highest BCUT2D eigenvalue weighted by Gasteiger charge is 2.11. The molecule has 1 amide bonds. The molecule has 0 heterocycles. The van der Waals surface area contributed by atoms with Crippen molar-refractivity contribution in [1.82, 2.24) is 0 Å². The summed E-state index contributed by atoms with van der Waals surface area (Å²) in [4.78, 5) is 21.5. The third-order valence-electron chi connectivity index (χ3n) is 3.40. The second kappa shape index (κ2) is 9.39. The largest absolute Gasteiger partial charge is 0.478 e. The molecule has 0 aliphatic heterocycles. The van der Waals surface area contributed by atoms with E-state index in [0.29, 0.717) is 5.02 Å². The lowest BCUT2D eigenvalue weighted by atomic mass is 10.1. The van der Waals surface area contributed by atoms with E-state index in [-0.39, 0.29) is 17.2 Å². The molecule has 26 heavy (non-hydrogen) atoms. The standard InChI is InChI=1S/C12H10.C9H8ClNO3/c1-3-7-11(8-4-1)12-9-5-2-6-10-12;1-5(12)11-8-3-2-6(10)4-7(8)9(13)14/h1-10H;2-4H,1H3,(H,11,12)(H,13,14). The molecule has 0 spiro atoms. The molecule has 0 atom stereocenters. The van der Waals surface area contributed by atoms with Gasteiger partial charge in [-0.2, -0.15) is 0 Å². The van der Waals surface area contributed by atoms with Gasteiger partial charge in [0, 0.05) is 11.9 Å². The van der Waals surface area contributed by atoms with Gasteiger partial charge in [0.2, 0.25) is 5.91 Å². The highest BCUT2D eigenvalue weighted by molar-refractivity contribution is 6.31. The van der Waals surface area contributed by atoms with Gasteiger partial charge < -0.3 is 10.4 Å². The van der Waals surface area contributed by atoms with Crippen LogP contribution in [0.1, 0.15) is 17.3 Å². The molecular formula is C21H18ClNO3. The summed E-state index contributed by atoms with van der Waals surface area (Å²) in [6, 6.07) is 25.0. The van der Waals surface area contributed by atoms with Crippen molar-refractivity contribution in [2.45, 2.75) is 6.92 Å². The number of halogens is 1. The van der Waals surface area contributed by atoms with Crippen molar-refractivity contribution in [3.8, 4) is 11.1 Å². The Hall–Kier alpha value is -3.11. The first-order valence-electron chi connectivity index (χ1n) is 7.88. The zero-order valence-electron chi connectivity index (χ0n) is 14.1. The SMILES string of the molecule is CC(=O)Nc1ccc(Cl)cc1C(=O)O.c1ccc(-c2ccccc2)cc1. The maximum absolute atomic E-state index is 10.7. The monoisotopic (exact) mass is 367 g/mol. The number of hydrogen-bond acceptors (Lipinski definition) is 2. The molecule has 0 unspecified atom stereocenters. The van der Waals surface area contributed by atoms with Gasteiger partial charge in [-0.25, -0.2) is 4.79 Å². The number of hydrogen-bond donors (Lipinski definition) is 2. The average Bonchev–Trinajstić information content (AvgIpc) is 2.65. The predicted octanol–water partition coefficient (Wildman–Crippen LogP) is 5.35. The van der Waals surface area contributed by atoms with Crippen LogP contribution in [0.4, 0.5) is 5.69 Å². The number of benzene rings is 3. The molecule has 0 aliphatic carbocycles. The van der Waals surface area contributed by atoms with Gasteiger partial charge in [-0.3, -0.25) is 4.79 Å². The van der Waals surface area contributed by atoms with E-state index in [0.717, 1.165) is 0 Å². The van der Waals surface area contributed by atoms with Crippen LogP contribution in [0.15, 0.2) is 78.9 Å². The predicted molar refractivity (Wildman–Crippen MR) is 105 cm³/mol. The second-order valence-electron chi connectivity index (χ2n) is 5.41. The Bertz CT molecular complexity index is 843. The number of carboxylic acid groups (broad SMARTS) is 1. The maximum Gasteiger partial charge on any atom is 0.337 e. The Morgan fingerprint density at radius 3 is 1.77 bits per heavy atom. The highest BCUT2D eigenvalue weighted by Crippen LogP contribution is 2.20. The van der Waals surface area contributed by atoms with E-state index in [1.165, 1.54) is 36.2 Å². The molecule has 0 saturated carbocycles. The van der Waals surface area contributed by atoms with Crippen LogP contribution in [-0.4, -0.2) is 17.0 Å². The number of carbonyl (C=O) groups is 2. The third kappa shape index (κ3) is 5.76. The van der Waals surface area contributed by atoms with E-state index >= 15 is 0 Å². The van der Waals surface area contributed by atoms with E-state index in [4.69, 9.17) is 16.7 Å². The van der Waals surface area contributed by atoms with Gasteiger partial charge >= 0.3 is 5.97 Å². The van der Waals surface area contributed by atoms with Crippen molar-refractivity contribution in [3.05, 3.63) is 89.4 Å². The normalized spacial score (nSPS) is 9.62. The average molecular weight is 368 g/mol. The molecule has 3 aromatic rings. The molecule has 4 nitrogen and oxygen atoms in total. The molecule has 0 aliphatic rings. The van der Waals surface area contributed by atoms with Crippen molar-refractivity contribution in [2.75, 3.05) is 5.32 Å². The molecule has 0 bridgehead atoms. The first-order chi connectivity index (χ1) is 12.5. The van der Waals surface area contributed by atoms with Crippen LogP contribution in [0.3, 0.4) is 0 Å². The van der Waals surface area contributed by atoms with E-state index in [1.54, 1.807) is 0 Å². The van der Waals surface area contributed by atoms with Crippen LogP contribution in [0, 0.1) is 0 Å². The first-order valence-corrected chi connectivity index (χ1v) is 8.26. The molecule has 5 heteroatoms. The molecular weight excluding hydrogens is 350 g/mol. The van der Waals surface area contributed by atoms with Crippen LogP contribution in [0.25, 0.3) is 11.1 Å². The maximum atomic E-state index is 10.7. The van der Waals surface area contributed by atoms with Gasteiger partial charge in [-0.05, 0) is 29.3 Å². The van der Waals surface area contributed by atoms with Crippen molar-refractivity contribution in [3.63, 3.8) is 0 Å². The lowest BCUT2D eigenvalue weighted by Crippen LogP contribution is -2.10. The van der Waals surface area contributed by atoms with E-state index in [2.05, 4.69) is 53.8 Å². The Balaban J connectivity index is 0.000000189. The minimum absolute atomic E-state index is 0.0206. The molecule has 0 radical (unpaired) electrons. The fourth-order valence-corrected chi connectivity index (χ4v) is 2.43. The van der Waals surface area contributed by atoms with Gasteiger partial charge in [0.05, 0.1) is 11.3 Å². The summed E-state index contributed by atoms with van der Waals surface area (Å²) in [5, 5.41) is 11.5. The van der Waals surface area contributed by atoms with Gasteiger partial charge in [0.1, 0.15) is 0 Å². The number of anilines is 1.